The zero-order valence-electron chi connectivity index (χ0n) is 11.2. The average molecular weight is 263 g/mol. The summed E-state index contributed by atoms with van der Waals surface area (Å²) < 4.78 is 17.0. The van der Waals surface area contributed by atoms with Gasteiger partial charge in [-0.1, -0.05) is 25.5 Å². The van der Waals surface area contributed by atoms with Crippen molar-refractivity contribution >= 4 is 5.69 Å². The van der Waals surface area contributed by atoms with Gasteiger partial charge in [0.15, 0.2) is 0 Å². The van der Waals surface area contributed by atoms with Crippen LogP contribution in [-0.2, 0) is 13.0 Å². The monoisotopic (exact) mass is 263 g/mol. The van der Waals surface area contributed by atoms with Crippen molar-refractivity contribution in [2.24, 2.45) is 0 Å². The molecule has 2 aromatic rings. The molecule has 0 aliphatic heterocycles. The smallest absolute Gasteiger partial charge is 0.294 e. The van der Waals surface area contributed by atoms with Gasteiger partial charge in [-0.2, -0.15) is 0 Å². The van der Waals surface area contributed by atoms with Crippen LogP contribution in [0.4, 0.5) is 10.1 Å². The number of rotatable bonds is 4. The van der Waals surface area contributed by atoms with Crippen molar-refractivity contribution in [2.45, 2.75) is 33.2 Å². The summed E-state index contributed by atoms with van der Waals surface area (Å²) in [4.78, 5) is 12.2. The third-order valence-corrected chi connectivity index (χ3v) is 3.15. The van der Waals surface area contributed by atoms with E-state index in [1.807, 2.05) is 13.8 Å². The molecule has 0 saturated heterocycles. The number of nitrogens with two attached hydrogens (primary N) is 1. The van der Waals surface area contributed by atoms with Gasteiger partial charge in [-0.05, 0) is 25.5 Å². The van der Waals surface area contributed by atoms with Gasteiger partial charge in [-0.15, -0.1) is 0 Å². The summed E-state index contributed by atoms with van der Waals surface area (Å²) in [5, 5.41) is 0. The molecule has 1 heterocycles. The Kier molecular flexibility index (Phi) is 3.74. The first-order chi connectivity index (χ1) is 9.11. The maximum Gasteiger partial charge on any atom is 0.294 e. The number of aromatic nitrogens is 2. The van der Waals surface area contributed by atoms with Crippen molar-refractivity contribution in [1.29, 1.82) is 0 Å². The molecule has 1 aromatic heterocycles. The van der Waals surface area contributed by atoms with Crippen LogP contribution in [0.1, 0.15) is 26.0 Å². The first kappa shape index (κ1) is 13.4. The summed E-state index contributed by atoms with van der Waals surface area (Å²) in [6.45, 7) is 4.50. The second-order valence-corrected chi connectivity index (χ2v) is 4.39. The summed E-state index contributed by atoms with van der Waals surface area (Å²) >= 11 is 0. The first-order valence-corrected chi connectivity index (χ1v) is 6.46. The zero-order chi connectivity index (χ0) is 14.0. The minimum absolute atomic E-state index is 0.215. The van der Waals surface area contributed by atoms with Gasteiger partial charge in [0.2, 0.25) is 0 Å². The highest BCUT2D eigenvalue weighted by Gasteiger charge is 2.18. The van der Waals surface area contributed by atoms with Crippen LogP contribution in [0, 0.1) is 5.82 Å². The summed E-state index contributed by atoms with van der Waals surface area (Å²) in [5.74, 6) is -0.431. The van der Waals surface area contributed by atoms with Crippen LogP contribution < -0.4 is 11.3 Å². The van der Waals surface area contributed by atoms with Crippen molar-refractivity contribution in [3.05, 3.63) is 46.1 Å². The van der Waals surface area contributed by atoms with Gasteiger partial charge in [0.05, 0.1) is 5.69 Å². The number of hydrogen-bond acceptors (Lipinski definition) is 2. The predicted octanol–water partition coefficient (Wildman–Crippen LogP) is 2.33. The summed E-state index contributed by atoms with van der Waals surface area (Å²) in [7, 11) is 0. The molecule has 0 aliphatic carbocycles. The largest absolute Gasteiger partial charge is 0.393 e. The molecular formula is C14H18FN3O. The Labute approximate surface area is 111 Å². The number of nitrogens with zero attached hydrogens (tertiary/aromatic N) is 2. The van der Waals surface area contributed by atoms with E-state index in [9.17, 15) is 9.18 Å². The minimum atomic E-state index is -0.431. The van der Waals surface area contributed by atoms with Crippen LogP contribution >= 0.6 is 0 Å². The van der Waals surface area contributed by atoms with Gasteiger partial charge in [0.1, 0.15) is 17.2 Å². The molecule has 2 N–H and O–H groups in total. The Balaban J connectivity index is 2.74. The lowest BCUT2D eigenvalue weighted by Crippen LogP contribution is -2.23. The quantitative estimate of drug-likeness (QED) is 0.920. The Morgan fingerprint density at radius 2 is 1.95 bits per heavy atom. The lowest BCUT2D eigenvalue weighted by molar-refractivity contribution is 0.522. The van der Waals surface area contributed by atoms with Crippen LogP contribution in [0.5, 0.6) is 0 Å². The standard InChI is InChI=1S/C14H18FN3O/c1-3-7-12-13(16)14(19)18(17(12)4-2)11-9-6-5-8-10(11)15/h5-6,8-9H,3-4,7,16H2,1-2H3. The molecule has 5 heteroatoms. The Morgan fingerprint density at radius 1 is 1.26 bits per heavy atom. The van der Waals surface area contributed by atoms with Gasteiger partial charge >= 0.3 is 0 Å². The van der Waals surface area contributed by atoms with Crippen LogP contribution in [-0.4, -0.2) is 9.36 Å². The Morgan fingerprint density at radius 3 is 2.53 bits per heavy atom. The summed E-state index contributed by atoms with van der Waals surface area (Å²) in [6, 6.07) is 6.22. The van der Waals surface area contributed by atoms with Gasteiger partial charge < -0.3 is 5.73 Å². The van der Waals surface area contributed by atoms with E-state index in [-0.39, 0.29) is 16.9 Å². The molecule has 0 unspecified atom stereocenters. The molecular weight excluding hydrogens is 245 g/mol. The van der Waals surface area contributed by atoms with E-state index in [0.717, 1.165) is 12.1 Å². The Hall–Kier alpha value is -2.04. The molecule has 19 heavy (non-hydrogen) atoms. The van der Waals surface area contributed by atoms with Gasteiger partial charge in [-0.3, -0.25) is 9.48 Å². The van der Waals surface area contributed by atoms with E-state index in [1.165, 1.54) is 10.7 Å². The third-order valence-electron chi connectivity index (χ3n) is 3.15. The maximum atomic E-state index is 13.9. The van der Waals surface area contributed by atoms with Crippen LogP contribution in [0.3, 0.4) is 0 Å². The van der Waals surface area contributed by atoms with Crippen molar-refractivity contribution in [1.82, 2.24) is 9.36 Å². The van der Waals surface area contributed by atoms with Crippen molar-refractivity contribution in [3.63, 3.8) is 0 Å². The van der Waals surface area contributed by atoms with E-state index in [2.05, 4.69) is 0 Å². The molecule has 4 nitrogen and oxygen atoms in total. The summed E-state index contributed by atoms with van der Waals surface area (Å²) in [6.07, 6.45) is 1.58. The normalized spacial score (nSPS) is 10.9. The fourth-order valence-corrected chi connectivity index (χ4v) is 2.30. The molecule has 0 atom stereocenters. The van der Waals surface area contributed by atoms with E-state index < -0.39 is 5.82 Å². The number of para-hydroxylation sites is 1. The maximum absolute atomic E-state index is 13.9. The second-order valence-electron chi connectivity index (χ2n) is 4.39. The third kappa shape index (κ3) is 2.16. The Bertz CT molecular complexity index is 643. The lowest BCUT2D eigenvalue weighted by Gasteiger charge is -2.13. The number of halogens is 1. The average Bonchev–Trinajstić information content (AvgIpc) is 2.64. The van der Waals surface area contributed by atoms with E-state index >= 15 is 0 Å². The van der Waals surface area contributed by atoms with E-state index in [4.69, 9.17) is 5.73 Å². The van der Waals surface area contributed by atoms with Crippen LogP contribution in [0.2, 0.25) is 0 Å². The number of benzene rings is 1. The van der Waals surface area contributed by atoms with Crippen molar-refractivity contribution in [2.75, 3.05) is 5.73 Å². The number of nitrogen functional groups attached to an aromatic ring is 1. The van der Waals surface area contributed by atoms with Crippen LogP contribution in [0.15, 0.2) is 29.1 Å². The van der Waals surface area contributed by atoms with Crippen molar-refractivity contribution in [3.8, 4) is 5.69 Å². The van der Waals surface area contributed by atoms with Crippen LogP contribution in [0.25, 0.3) is 5.69 Å². The van der Waals surface area contributed by atoms with E-state index in [0.29, 0.717) is 13.0 Å². The molecule has 0 saturated carbocycles. The topological polar surface area (TPSA) is 53.0 Å². The summed E-state index contributed by atoms with van der Waals surface area (Å²) in [5.41, 5.74) is 6.76. The second kappa shape index (κ2) is 5.30. The highest BCUT2D eigenvalue weighted by atomic mass is 19.1. The zero-order valence-corrected chi connectivity index (χ0v) is 11.2. The van der Waals surface area contributed by atoms with Crippen molar-refractivity contribution < 1.29 is 4.39 Å². The first-order valence-electron chi connectivity index (χ1n) is 6.46. The fourth-order valence-electron chi connectivity index (χ4n) is 2.30. The molecule has 0 bridgehead atoms. The molecule has 0 aliphatic rings. The molecule has 0 amide bonds. The minimum Gasteiger partial charge on any atom is -0.393 e. The van der Waals surface area contributed by atoms with Gasteiger partial charge in [0, 0.05) is 6.54 Å². The van der Waals surface area contributed by atoms with Gasteiger partial charge in [-0.25, -0.2) is 9.07 Å². The molecule has 102 valence electrons. The molecule has 2 rings (SSSR count). The molecule has 0 spiro atoms. The van der Waals surface area contributed by atoms with Gasteiger partial charge in [0.25, 0.3) is 5.56 Å². The highest BCUT2D eigenvalue weighted by molar-refractivity contribution is 5.46. The number of hydrogen-bond donors (Lipinski definition) is 1. The SMILES string of the molecule is CCCc1c(N)c(=O)n(-c2ccccc2F)n1CC. The lowest BCUT2D eigenvalue weighted by atomic mass is 10.2. The molecule has 0 radical (unpaired) electrons. The molecule has 1 aromatic carbocycles. The molecule has 0 fully saturated rings. The number of anilines is 1. The predicted molar refractivity (Wildman–Crippen MR) is 74.1 cm³/mol. The highest BCUT2D eigenvalue weighted by Crippen LogP contribution is 2.17. The fraction of sp³-hybridized carbons (Fsp3) is 0.357. The van der Waals surface area contributed by atoms with E-state index in [1.54, 1.807) is 22.9 Å².